The molecule has 1 N–H and O–H groups in total. The van der Waals surface area contributed by atoms with Crippen molar-refractivity contribution in [2.45, 2.75) is 25.7 Å². The van der Waals surface area contributed by atoms with E-state index in [0.717, 1.165) is 12.8 Å². The van der Waals surface area contributed by atoms with Crippen molar-refractivity contribution in [1.82, 2.24) is 5.32 Å². The molecule has 5 nitrogen and oxygen atoms in total. The first kappa shape index (κ1) is 19.2. The van der Waals surface area contributed by atoms with E-state index in [9.17, 15) is 9.59 Å². The molecule has 0 bridgehead atoms. The summed E-state index contributed by atoms with van der Waals surface area (Å²) in [4.78, 5) is 26.2. The van der Waals surface area contributed by atoms with Gasteiger partial charge in [-0.1, -0.05) is 41.9 Å². The third-order valence-electron chi connectivity index (χ3n) is 4.46. The summed E-state index contributed by atoms with van der Waals surface area (Å²) in [6.45, 7) is 1.51. The number of nitrogens with one attached hydrogen (secondary N) is 1. The SMILES string of the molecule is O=C(CCC(=O)N1CCOc2ccc(Cl)cc21)NCCCc1ccccc1. The van der Waals surface area contributed by atoms with Gasteiger partial charge >= 0.3 is 0 Å². The maximum atomic E-state index is 12.5. The summed E-state index contributed by atoms with van der Waals surface area (Å²) in [6, 6.07) is 15.4. The van der Waals surface area contributed by atoms with Crippen molar-refractivity contribution in [2.75, 3.05) is 24.6 Å². The molecule has 2 aromatic rings. The zero-order chi connectivity index (χ0) is 19.1. The molecule has 2 amide bonds. The highest BCUT2D eigenvalue weighted by molar-refractivity contribution is 6.31. The normalized spacial score (nSPS) is 12.9. The lowest BCUT2D eigenvalue weighted by atomic mass is 10.1. The van der Waals surface area contributed by atoms with E-state index in [1.54, 1.807) is 23.1 Å². The third kappa shape index (κ3) is 5.47. The second-order valence-corrected chi connectivity index (χ2v) is 6.88. The lowest BCUT2D eigenvalue weighted by Gasteiger charge is -2.29. The molecule has 27 heavy (non-hydrogen) atoms. The first-order valence-electron chi connectivity index (χ1n) is 9.17. The zero-order valence-electron chi connectivity index (χ0n) is 15.1. The maximum absolute atomic E-state index is 12.5. The number of aryl methyl sites for hydroxylation is 1. The van der Waals surface area contributed by atoms with Gasteiger partial charge in [-0.2, -0.15) is 0 Å². The molecule has 1 aliphatic rings. The van der Waals surface area contributed by atoms with Crippen LogP contribution in [0.1, 0.15) is 24.8 Å². The van der Waals surface area contributed by atoms with Gasteiger partial charge in [0.15, 0.2) is 0 Å². The summed E-state index contributed by atoms with van der Waals surface area (Å²) >= 11 is 6.03. The monoisotopic (exact) mass is 386 g/mol. The minimum atomic E-state index is -0.101. The quantitative estimate of drug-likeness (QED) is 0.740. The van der Waals surface area contributed by atoms with E-state index in [2.05, 4.69) is 17.4 Å². The van der Waals surface area contributed by atoms with E-state index in [1.807, 2.05) is 18.2 Å². The molecule has 6 heteroatoms. The van der Waals surface area contributed by atoms with Gasteiger partial charge in [-0.25, -0.2) is 0 Å². The molecule has 0 spiro atoms. The molecule has 0 saturated heterocycles. The Morgan fingerprint density at radius 1 is 1.11 bits per heavy atom. The van der Waals surface area contributed by atoms with Crippen LogP contribution < -0.4 is 15.0 Å². The van der Waals surface area contributed by atoms with Gasteiger partial charge in [-0.15, -0.1) is 0 Å². The molecule has 0 saturated carbocycles. The van der Waals surface area contributed by atoms with Crippen molar-refractivity contribution in [1.29, 1.82) is 0 Å². The fourth-order valence-electron chi connectivity index (χ4n) is 3.06. The lowest BCUT2D eigenvalue weighted by molar-refractivity contribution is -0.125. The highest BCUT2D eigenvalue weighted by Crippen LogP contribution is 2.34. The Bertz CT molecular complexity index is 795. The Hall–Kier alpha value is -2.53. The average molecular weight is 387 g/mol. The van der Waals surface area contributed by atoms with Crippen molar-refractivity contribution >= 4 is 29.1 Å². The number of anilines is 1. The van der Waals surface area contributed by atoms with E-state index in [4.69, 9.17) is 16.3 Å². The second kappa shape index (κ2) is 9.42. The van der Waals surface area contributed by atoms with Crippen LogP contribution in [0.25, 0.3) is 0 Å². The summed E-state index contributed by atoms with van der Waals surface area (Å²) in [7, 11) is 0. The van der Waals surface area contributed by atoms with Gasteiger partial charge in [0.25, 0.3) is 0 Å². The Morgan fingerprint density at radius 3 is 2.74 bits per heavy atom. The van der Waals surface area contributed by atoms with Gasteiger partial charge in [-0.3, -0.25) is 9.59 Å². The molecule has 3 rings (SSSR count). The molecule has 2 aromatic carbocycles. The van der Waals surface area contributed by atoms with Crippen LogP contribution >= 0.6 is 11.6 Å². The highest BCUT2D eigenvalue weighted by atomic mass is 35.5. The van der Waals surface area contributed by atoms with Gasteiger partial charge in [0.05, 0.1) is 12.2 Å². The second-order valence-electron chi connectivity index (χ2n) is 6.44. The number of rotatable bonds is 7. The summed E-state index contributed by atoms with van der Waals surface area (Å²) in [6.07, 6.45) is 2.14. The fourth-order valence-corrected chi connectivity index (χ4v) is 3.23. The first-order valence-corrected chi connectivity index (χ1v) is 9.54. The van der Waals surface area contributed by atoms with Gasteiger partial charge in [0.2, 0.25) is 11.8 Å². The molecule has 1 heterocycles. The molecule has 0 unspecified atom stereocenters. The Balaban J connectivity index is 1.41. The van der Waals surface area contributed by atoms with Crippen LogP contribution in [0.15, 0.2) is 48.5 Å². The molecular formula is C21H23ClN2O3. The highest BCUT2D eigenvalue weighted by Gasteiger charge is 2.24. The molecule has 1 aliphatic heterocycles. The van der Waals surface area contributed by atoms with E-state index < -0.39 is 0 Å². The van der Waals surface area contributed by atoms with E-state index in [1.165, 1.54) is 5.56 Å². The number of ether oxygens (including phenoxy) is 1. The Kier molecular flexibility index (Phi) is 6.71. The minimum Gasteiger partial charge on any atom is -0.490 e. The average Bonchev–Trinajstić information content (AvgIpc) is 2.69. The van der Waals surface area contributed by atoms with Crippen LogP contribution in [0.2, 0.25) is 5.02 Å². The molecular weight excluding hydrogens is 364 g/mol. The van der Waals surface area contributed by atoms with Gasteiger partial charge in [0.1, 0.15) is 12.4 Å². The number of amides is 2. The number of nitrogens with zero attached hydrogens (tertiary/aromatic N) is 1. The van der Waals surface area contributed by atoms with Gasteiger partial charge in [0, 0.05) is 24.4 Å². The van der Waals surface area contributed by atoms with Crippen molar-refractivity contribution < 1.29 is 14.3 Å². The standard InChI is InChI=1S/C21H23ClN2O3/c22-17-8-9-19-18(15-17)24(13-14-27-19)21(26)11-10-20(25)23-12-4-7-16-5-2-1-3-6-16/h1-3,5-6,8-9,15H,4,7,10-14H2,(H,23,25). The summed E-state index contributed by atoms with van der Waals surface area (Å²) < 4.78 is 5.55. The largest absolute Gasteiger partial charge is 0.490 e. The number of hydrogen-bond donors (Lipinski definition) is 1. The molecule has 0 aliphatic carbocycles. The number of hydrogen-bond acceptors (Lipinski definition) is 3. The van der Waals surface area contributed by atoms with Crippen molar-refractivity contribution in [2.24, 2.45) is 0 Å². The molecule has 0 aromatic heterocycles. The zero-order valence-corrected chi connectivity index (χ0v) is 15.9. The van der Waals surface area contributed by atoms with Gasteiger partial charge in [-0.05, 0) is 36.6 Å². The van der Waals surface area contributed by atoms with Crippen LogP contribution in [0.4, 0.5) is 5.69 Å². The fraction of sp³-hybridized carbons (Fsp3) is 0.333. The smallest absolute Gasteiger partial charge is 0.227 e. The molecule has 0 radical (unpaired) electrons. The topological polar surface area (TPSA) is 58.6 Å². The predicted octanol–water partition coefficient (Wildman–Crippen LogP) is 3.59. The van der Waals surface area contributed by atoms with Crippen LogP contribution in [-0.2, 0) is 16.0 Å². The maximum Gasteiger partial charge on any atom is 0.227 e. The van der Waals surface area contributed by atoms with Crippen molar-refractivity contribution in [3.05, 3.63) is 59.1 Å². The predicted molar refractivity (Wildman–Crippen MR) is 106 cm³/mol. The molecule has 142 valence electrons. The summed E-state index contributed by atoms with van der Waals surface area (Å²) in [5, 5.41) is 3.43. The number of carbonyl (C=O) groups excluding carboxylic acids is 2. The summed E-state index contributed by atoms with van der Waals surface area (Å²) in [5.74, 6) is 0.446. The van der Waals surface area contributed by atoms with Crippen molar-refractivity contribution in [3.8, 4) is 5.75 Å². The van der Waals surface area contributed by atoms with Gasteiger partial charge < -0.3 is 15.0 Å². The third-order valence-corrected chi connectivity index (χ3v) is 4.69. The van der Waals surface area contributed by atoms with E-state index in [-0.39, 0.29) is 24.7 Å². The number of benzene rings is 2. The Labute approximate surface area is 164 Å². The summed E-state index contributed by atoms with van der Waals surface area (Å²) in [5.41, 5.74) is 1.92. The first-order chi connectivity index (χ1) is 13.1. The Morgan fingerprint density at radius 2 is 1.93 bits per heavy atom. The van der Waals surface area contributed by atoms with E-state index >= 15 is 0 Å². The lowest BCUT2D eigenvalue weighted by Crippen LogP contribution is -2.38. The molecule has 0 atom stereocenters. The van der Waals surface area contributed by atoms with Crippen LogP contribution in [-0.4, -0.2) is 31.5 Å². The number of fused-ring (bicyclic) bond motifs is 1. The molecule has 0 fully saturated rings. The minimum absolute atomic E-state index is 0.0961. The van der Waals surface area contributed by atoms with E-state index in [0.29, 0.717) is 36.2 Å². The van der Waals surface area contributed by atoms with Crippen LogP contribution in [0.3, 0.4) is 0 Å². The van der Waals surface area contributed by atoms with Crippen molar-refractivity contribution in [3.63, 3.8) is 0 Å². The van der Waals surface area contributed by atoms with Crippen LogP contribution in [0.5, 0.6) is 5.75 Å². The number of halogens is 1. The number of carbonyl (C=O) groups is 2. The van der Waals surface area contributed by atoms with Crippen LogP contribution in [0, 0.1) is 0 Å².